The third-order valence-corrected chi connectivity index (χ3v) is 3.86. The van der Waals surface area contributed by atoms with Gasteiger partial charge in [0.15, 0.2) is 0 Å². The molecule has 0 bridgehead atoms. The van der Waals surface area contributed by atoms with E-state index in [-0.39, 0.29) is 0 Å². The van der Waals surface area contributed by atoms with Gasteiger partial charge < -0.3 is 10.1 Å². The van der Waals surface area contributed by atoms with E-state index < -0.39 is 0 Å². The fraction of sp³-hybridized carbons (Fsp3) is 0.412. The third-order valence-electron chi connectivity index (χ3n) is 3.86. The number of nitrogens with one attached hydrogen (secondary N) is 1. The summed E-state index contributed by atoms with van der Waals surface area (Å²) in [5, 5.41) is 3.05. The molecule has 0 unspecified atom stereocenters. The number of rotatable bonds is 4. The van der Waals surface area contributed by atoms with Gasteiger partial charge in [-0.05, 0) is 48.9 Å². The van der Waals surface area contributed by atoms with E-state index in [0.717, 1.165) is 30.2 Å². The van der Waals surface area contributed by atoms with Gasteiger partial charge in [0, 0.05) is 19.5 Å². The number of nitrogens with zero attached hydrogens (tertiary/aromatic N) is 2. The van der Waals surface area contributed by atoms with Gasteiger partial charge in [0.1, 0.15) is 17.4 Å². The summed E-state index contributed by atoms with van der Waals surface area (Å²) in [6.45, 7) is 2.04. The Hall–Kier alpha value is -2.10. The van der Waals surface area contributed by atoms with Gasteiger partial charge in [-0.3, -0.25) is 0 Å². The molecule has 4 heteroatoms. The Labute approximate surface area is 125 Å². The summed E-state index contributed by atoms with van der Waals surface area (Å²) in [7, 11) is 1.85. The molecule has 1 aliphatic carbocycles. The first-order valence-corrected chi connectivity index (χ1v) is 7.64. The van der Waals surface area contributed by atoms with Crippen LogP contribution < -0.4 is 10.1 Å². The van der Waals surface area contributed by atoms with E-state index in [0.29, 0.717) is 5.88 Å². The van der Waals surface area contributed by atoms with Gasteiger partial charge in [0.05, 0.1) is 0 Å². The van der Waals surface area contributed by atoms with E-state index in [1.54, 1.807) is 0 Å². The highest BCUT2D eigenvalue weighted by Crippen LogP contribution is 2.28. The normalized spacial score (nSPS) is 13.6. The number of aryl methyl sites for hydroxylation is 3. The molecule has 0 radical (unpaired) electrons. The van der Waals surface area contributed by atoms with Crippen LogP contribution >= 0.6 is 0 Å². The summed E-state index contributed by atoms with van der Waals surface area (Å²) in [6.07, 6.45) is 5.69. The Bertz CT molecular complexity index is 618. The highest BCUT2D eigenvalue weighted by atomic mass is 16.5. The molecule has 3 rings (SSSR count). The van der Waals surface area contributed by atoms with Crippen LogP contribution in [0.1, 0.15) is 36.7 Å². The largest absolute Gasteiger partial charge is 0.439 e. The third kappa shape index (κ3) is 3.15. The number of ether oxygens (including phenoxy) is 1. The van der Waals surface area contributed by atoms with Gasteiger partial charge in [0.2, 0.25) is 5.88 Å². The highest BCUT2D eigenvalue weighted by Gasteiger charge is 2.11. The summed E-state index contributed by atoms with van der Waals surface area (Å²) < 4.78 is 5.94. The lowest BCUT2D eigenvalue weighted by atomic mass is 9.92. The molecule has 0 aliphatic heterocycles. The summed E-state index contributed by atoms with van der Waals surface area (Å²) in [5.74, 6) is 3.03. The first-order valence-electron chi connectivity index (χ1n) is 7.64. The lowest BCUT2D eigenvalue weighted by molar-refractivity contribution is 0.457. The van der Waals surface area contributed by atoms with Crippen molar-refractivity contribution in [2.75, 3.05) is 12.4 Å². The van der Waals surface area contributed by atoms with Gasteiger partial charge in [-0.1, -0.05) is 13.0 Å². The van der Waals surface area contributed by atoms with Gasteiger partial charge in [-0.15, -0.1) is 0 Å². The molecule has 4 nitrogen and oxygen atoms in total. The molecule has 0 atom stereocenters. The van der Waals surface area contributed by atoms with Crippen LogP contribution in [0.3, 0.4) is 0 Å². The van der Waals surface area contributed by atoms with E-state index in [9.17, 15) is 0 Å². The number of aromatic nitrogens is 2. The average molecular weight is 283 g/mol. The number of benzene rings is 1. The SMILES string of the molecule is CCc1nc(NC)cc(Oc2ccc3c(c2)CCCC3)n1. The minimum Gasteiger partial charge on any atom is -0.439 e. The second-order valence-electron chi connectivity index (χ2n) is 5.35. The van der Waals surface area contributed by atoms with E-state index in [1.807, 2.05) is 26.1 Å². The topological polar surface area (TPSA) is 47.0 Å². The van der Waals surface area contributed by atoms with Crippen molar-refractivity contribution in [3.8, 4) is 11.6 Å². The Morgan fingerprint density at radius 3 is 2.67 bits per heavy atom. The number of anilines is 1. The van der Waals surface area contributed by atoms with Gasteiger partial charge in [-0.25, -0.2) is 4.98 Å². The minimum absolute atomic E-state index is 0.599. The molecule has 110 valence electrons. The second kappa shape index (κ2) is 6.12. The molecule has 0 spiro atoms. The van der Waals surface area contributed by atoms with Crippen molar-refractivity contribution >= 4 is 5.82 Å². The maximum absolute atomic E-state index is 5.94. The monoisotopic (exact) mass is 283 g/mol. The Morgan fingerprint density at radius 1 is 1.10 bits per heavy atom. The maximum atomic E-state index is 5.94. The summed E-state index contributed by atoms with van der Waals surface area (Å²) >= 11 is 0. The van der Waals surface area contributed by atoms with E-state index in [1.165, 1.54) is 30.4 Å². The smallest absolute Gasteiger partial charge is 0.224 e. The molecule has 0 saturated carbocycles. The fourth-order valence-electron chi connectivity index (χ4n) is 2.71. The van der Waals surface area contributed by atoms with Crippen LogP contribution in [0.2, 0.25) is 0 Å². The molecular formula is C17H21N3O. The summed E-state index contributed by atoms with van der Waals surface area (Å²) in [5.41, 5.74) is 2.87. The van der Waals surface area contributed by atoms with E-state index in [2.05, 4.69) is 27.4 Å². The van der Waals surface area contributed by atoms with Crippen molar-refractivity contribution in [1.82, 2.24) is 9.97 Å². The van der Waals surface area contributed by atoms with Crippen LogP contribution in [-0.4, -0.2) is 17.0 Å². The van der Waals surface area contributed by atoms with Crippen LogP contribution in [0.4, 0.5) is 5.82 Å². The van der Waals surface area contributed by atoms with Gasteiger partial charge in [0.25, 0.3) is 0 Å². The maximum Gasteiger partial charge on any atom is 0.224 e. The summed E-state index contributed by atoms with van der Waals surface area (Å²) in [4.78, 5) is 8.81. The lowest BCUT2D eigenvalue weighted by Crippen LogP contribution is -2.03. The number of hydrogen-bond donors (Lipinski definition) is 1. The first-order chi connectivity index (χ1) is 10.3. The molecule has 1 heterocycles. The zero-order valence-electron chi connectivity index (χ0n) is 12.6. The van der Waals surface area contributed by atoms with Crippen LogP contribution in [-0.2, 0) is 19.3 Å². The Kier molecular flexibility index (Phi) is 4.04. The van der Waals surface area contributed by atoms with Crippen molar-refractivity contribution in [3.05, 3.63) is 41.2 Å². The van der Waals surface area contributed by atoms with E-state index in [4.69, 9.17) is 4.74 Å². The predicted octanol–water partition coefficient (Wildman–Crippen LogP) is 3.75. The Morgan fingerprint density at radius 2 is 1.90 bits per heavy atom. The standard InChI is InChI=1S/C17H21N3O/c1-3-15-19-16(18-2)11-17(20-15)21-14-9-8-12-6-4-5-7-13(12)10-14/h8-11H,3-7H2,1-2H3,(H,18,19,20). The highest BCUT2D eigenvalue weighted by molar-refractivity contribution is 5.42. The van der Waals surface area contributed by atoms with Crippen molar-refractivity contribution in [2.45, 2.75) is 39.0 Å². The molecule has 0 amide bonds. The molecule has 0 fully saturated rings. The van der Waals surface area contributed by atoms with Crippen LogP contribution in [0.15, 0.2) is 24.3 Å². The van der Waals surface area contributed by atoms with Crippen LogP contribution in [0, 0.1) is 0 Å². The molecule has 1 N–H and O–H groups in total. The Balaban J connectivity index is 1.86. The fourth-order valence-corrected chi connectivity index (χ4v) is 2.71. The van der Waals surface area contributed by atoms with E-state index >= 15 is 0 Å². The minimum atomic E-state index is 0.599. The first kappa shape index (κ1) is 13.9. The molecule has 1 aromatic heterocycles. The molecule has 1 aliphatic rings. The lowest BCUT2D eigenvalue weighted by Gasteiger charge is -2.16. The van der Waals surface area contributed by atoms with Gasteiger partial charge in [-0.2, -0.15) is 4.98 Å². The molecule has 2 aromatic rings. The number of fused-ring (bicyclic) bond motifs is 1. The average Bonchev–Trinajstić information content (AvgIpc) is 2.54. The molecule has 21 heavy (non-hydrogen) atoms. The van der Waals surface area contributed by atoms with Crippen molar-refractivity contribution in [1.29, 1.82) is 0 Å². The van der Waals surface area contributed by atoms with Crippen molar-refractivity contribution in [3.63, 3.8) is 0 Å². The van der Waals surface area contributed by atoms with Crippen molar-refractivity contribution in [2.24, 2.45) is 0 Å². The predicted molar refractivity (Wildman–Crippen MR) is 84.1 cm³/mol. The van der Waals surface area contributed by atoms with Crippen molar-refractivity contribution < 1.29 is 4.74 Å². The van der Waals surface area contributed by atoms with Crippen LogP contribution in [0.5, 0.6) is 11.6 Å². The number of hydrogen-bond acceptors (Lipinski definition) is 4. The van der Waals surface area contributed by atoms with Gasteiger partial charge >= 0.3 is 0 Å². The second-order valence-corrected chi connectivity index (χ2v) is 5.35. The zero-order valence-corrected chi connectivity index (χ0v) is 12.6. The quantitative estimate of drug-likeness (QED) is 0.928. The summed E-state index contributed by atoms with van der Waals surface area (Å²) in [6, 6.07) is 8.21. The van der Waals surface area contributed by atoms with Crippen LogP contribution in [0.25, 0.3) is 0 Å². The molecule has 0 saturated heterocycles. The molecular weight excluding hydrogens is 262 g/mol. The molecule has 1 aromatic carbocycles. The zero-order chi connectivity index (χ0) is 14.7.